The lowest BCUT2D eigenvalue weighted by Crippen LogP contribution is -2.41. The van der Waals surface area contributed by atoms with Gasteiger partial charge in [0, 0.05) is 49.6 Å². The summed E-state index contributed by atoms with van der Waals surface area (Å²) >= 11 is 0. The Bertz CT molecular complexity index is 1160. The Balaban J connectivity index is 1.55. The molecule has 0 radical (unpaired) electrons. The lowest BCUT2D eigenvalue weighted by Gasteiger charge is -2.30. The van der Waals surface area contributed by atoms with Gasteiger partial charge in [-0.1, -0.05) is 0 Å². The van der Waals surface area contributed by atoms with Crippen molar-refractivity contribution in [2.45, 2.75) is 12.5 Å². The zero-order valence-electron chi connectivity index (χ0n) is 18.5. The molecule has 8 nitrogen and oxygen atoms in total. The number of hydrogen-bond donors (Lipinski definition) is 1. The first kappa shape index (κ1) is 23.2. The average molecular weight is 470 g/mol. The van der Waals surface area contributed by atoms with Gasteiger partial charge in [0.15, 0.2) is 11.9 Å². The van der Waals surface area contributed by atoms with Gasteiger partial charge in [-0.05, 0) is 42.8 Å². The third-order valence-corrected chi connectivity index (χ3v) is 5.22. The molecule has 2 heterocycles. The molecule has 178 valence electrons. The van der Waals surface area contributed by atoms with E-state index in [1.54, 1.807) is 48.5 Å². The molecule has 3 aromatic rings. The topological polar surface area (TPSA) is 85.7 Å². The summed E-state index contributed by atoms with van der Waals surface area (Å²) in [6.07, 6.45) is 1.38. The van der Waals surface area contributed by atoms with E-state index in [0.29, 0.717) is 17.1 Å². The van der Waals surface area contributed by atoms with Gasteiger partial charge in [0.25, 0.3) is 11.8 Å². The summed E-state index contributed by atoms with van der Waals surface area (Å²) in [6.45, 7) is -0.537. The predicted octanol–water partition coefficient (Wildman–Crippen LogP) is 4.00. The number of halogens is 2. The van der Waals surface area contributed by atoms with E-state index in [-0.39, 0.29) is 23.0 Å². The van der Waals surface area contributed by atoms with Crippen LogP contribution in [0.1, 0.15) is 27.1 Å². The molecule has 2 amide bonds. The number of aryl methyl sites for hydroxylation is 1. The third kappa shape index (κ3) is 5.51. The number of hydrogen-bond acceptors (Lipinski definition) is 5. The molecule has 0 saturated carbocycles. The summed E-state index contributed by atoms with van der Waals surface area (Å²) in [6, 6.07) is 12.5. The molecule has 1 aliphatic heterocycles. The van der Waals surface area contributed by atoms with Crippen molar-refractivity contribution in [3.8, 4) is 17.2 Å². The van der Waals surface area contributed by atoms with Crippen molar-refractivity contribution in [1.82, 2.24) is 14.7 Å². The highest BCUT2D eigenvalue weighted by molar-refractivity contribution is 6.04. The van der Waals surface area contributed by atoms with E-state index in [0.717, 1.165) is 19.5 Å². The molecule has 0 unspecified atom stereocenters. The number of nitrogens with one attached hydrogen (secondary N) is 1. The maximum absolute atomic E-state index is 13.0. The van der Waals surface area contributed by atoms with Gasteiger partial charge < -0.3 is 19.7 Å². The molecule has 34 heavy (non-hydrogen) atoms. The Kier molecular flexibility index (Phi) is 7.05. The largest absolute Gasteiger partial charge is 0.485 e. The molecule has 1 fully saturated rings. The first-order chi connectivity index (χ1) is 16.4. The van der Waals surface area contributed by atoms with Crippen LogP contribution in [0.4, 0.5) is 14.6 Å². The molecule has 0 aliphatic carbocycles. The molecule has 4 rings (SSSR count). The van der Waals surface area contributed by atoms with Crippen molar-refractivity contribution in [3.05, 3.63) is 65.9 Å². The molecular formula is C24H24F2N4O4. The Morgan fingerprint density at radius 1 is 1.00 bits per heavy atom. The van der Waals surface area contributed by atoms with Crippen molar-refractivity contribution in [2.75, 3.05) is 31.8 Å². The molecule has 0 spiro atoms. The zero-order chi connectivity index (χ0) is 24.1. The summed E-state index contributed by atoms with van der Waals surface area (Å²) in [5.74, 6) is 0.525. The van der Waals surface area contributed by atoms with Gasteiger partial charge in [-0.3, -0.25) is 14.3 Å². The van der Waals surface area contributed by atoms with E-state index in [4.69, 9.17) is 9.47 Å². The second-order valence-corrected chi connectivity index (χ2v) is 7.84. The molecule has 1 aliphatic rings. The fourth-order valence-corrected chi connectivity index (χ4v) is 3.30. The number of alkyl halides is 2. The standard InChI is InChI=1S/C24H24F2N4O4/c1-29-10-7-22(28-29)27-23(31)17-11-19(13-20(12-17)34-21(14-25)15-26)33-18-5-3-16(4-6-18)24(32)30-8-2-9-30/h3-7,10-13,21H,2,8-9,14-15H2,1H3,(H,27,28,31). The Morgan fingerprint density at radius 3 is 2.29 bits per heavy atom. The maximum Gasteiger partial charge on any atom is 0.257 e. The van der Waals surface area contributed by atoms with Crippen molar-refractivity contribution in [2.24, 2.45) is 7.05 Å². The van der Waals surface area contributed by atoms with Crippen LogP contribution in [0, 0.1) is 0 Å². The molecule has 2 aromatic carbocycles. The number of anilines is 1. The minimum atomic E-state index is -1.30. The number of rotatable bonds is 9. The number of likely N-dealkylation sites (tertiary alicyclic amines) is 1. The van der Waals surface area contributed by atoms with Gasteiger partial charge in [-0.2, -0.15) is 5.10 Å². The summed E-state index contributed by atoms with van der Waals surface area (Å²) in [4.78, 5) is 26.8. The van der Waals surface area contributed by atoms with Gasteiger partial charge in [-0.25, -0.2) is 8.78 Å². The van der Waals surface area contributed by atoms with E-state index in [2.05, 4.69) is 10.4 Å². The molecule has 1 saturated heterocycles. The minimum absolute atomic E-state index is 0.0369. The van der Waals surface area contributed by atoms with Crippen LogP contribution >= 0.6 is 0 Å². The van der Waals surface area contributed by atoms with Gasteiger partial charge in [-0.15, -0.1) is 0 Å². The fraction of sp³-hybridized carbons (Fsp3) is 0.292. The normalized spacial score (nSPS) is 12.9. The van der Waals surface area contributed by atoms with E-state index < -0.39 is 25.4 Å². The first-order valence-corrected chi connectivity index (χ1v) is 10.8. The van der Waals surface area contributed by atoms with Crippen LogP contribution in [0.3, 0.4) is 0 Å². The summed E-state index contributed by atoms with van der Waals surface area (Å²) in [5.41, 5.74) is 0.701. The highest BCUT2D eigenvalue weighted by atomic mass is 19.1. The van der Waals surface area contributed by atoms with Crippen LogP contribution in [-0.2, 0) is 7.05 Å². The van der Waals surface area contributed by atoms with Crippen LogP contribution in [-0.4, -0.2) is 59.0 Å². The van der Waals surface area contributed by atoms with Crippen LogP contribution in [0.5, 0.6) is 17.2 Å². The molecule has 0 bridgehead atoms. The Morgan fingerprint density at radius 2 is 1.71 bits per heavy atom. The number of aromatic nitrogens is 2. The third-order valence-electron chi connectivity index (χ3n) is 5.22. The van der Waals surface area contributed by atoms with Crippen LogP contribution in [0.25, 0.3) is 0 Å². The Hall–Kier alpha value is -3.95. The van der Waals surface area contributed by atoms with E-state index in [1.807, 2.05) is 0 Å². The highest BCUT2D eigenvalue weighted by Crippen LogP contribution is 2.29. The van der Waals surface area contributed by atoms with Gasteiger partial charge in [0.2, 0.25) is 0 Å². The van der Waals surface area contributed by atoms with Crippen molar-refractivity contribution < 1.29 is 27.8 Å². The van der Waals surface area contributed by atoms with E-state index in [1.165, 1.54) is 22.9 Å². The summed E-state index contributed by atoms with van der Waals surface area (Å²) in [7, 11) is 1.71. The molecule has 10 heteroatoms. The number of nitrogens with zero attached hydrogens (tertiary/aromatic N) is 3. The van der Waals surface area contributed by atoms with Crippen molar-refractivity contribution in [3.63, 3.8) is 0 Å². The van der Waals surface area contributed by atoms with Crippen LogP contribution in [0.15, 0.2) is 54.7 Å². The van der Waals surface area contributed by atoms with Gasteiger partial charge in [0.05, 0.1) is 0 Å². The monoisotopic (exact) mass is 470 g/mol. The van der Waals surface area contributed by atoms with E-state index >= 15 is 0 Å². The van der Waals surface area contributed by atoms with Crippen LogP contribution in [0.2, 0.25) is 0 Å². The number of ether oxygens (including phenoxy) is 2. The SMILES string of the molecule is Cn1ccc(NC(=O)c2cc(Oc3ccc(C(=O)N4CCC4)cc3)cc(OC(CF)CF)c2)n1. The van der Waals surface area contributed by atoms with Crippen LogP contribution < -0.4 is 14.8 Å². The summed E-state index contributed by atoms with van der Waals surface area (Å²) in [5, 5.41) is 6.75. The number of carbonyl (C=O) groups is 2. The minimum Gasteiger partial charge on any atom is -0.485 e. The lowest BCUT2D eigenvalue weighted by atomic mass is 10.1. The zero-order valence-corrected chi connectivity index (χ0v) is 18.5. The second kappa shape index (κ2) is 10.3. The van der Waals surface area contributed by atoms with Gasteiger partial charge >= 0.3 is 0 Å². The quantitative estimate of drug-likeness (QED) is 0.511. The summed E-state index contributed by atoms with van der Waals surface area (Å²) < 4.78 is 38.8. The van der Waals surface area contributed by atoms with E-state index in [9.17, 15) is 18.4 Å². The molecular weight excluding hydrogens is 446 g/mol. The number of amides is 2. The van der Waals surface area contributed by atoms with Gasteiger partial charge in [0.1, 0.15) is 30.6 Å². The number of carbonyl (C=O) groups excluding carboxylic acids is 2. The van der Waals surface area contributed by atoms with Crippen molar-refractivity contribution >= 4 is 17.6 Å². The predicted molar refractivity (Wildman–Crippen MR) is 121 cm³/mol. The maximum atomic E-state index is 13.0. The smallest absolute Gasteiger partial charge is 0.257 e. The lowest BCUT2D eigenvalue weighted by molar-refractivity contribution is 0.0651. The molecule has 1 aromatic heterocycles. The first-order valence-electron chi connectivity index (χ1n) is 10.8. The van der Waals surface area contributed by atoms with Crippen molar-refractivity contribution in [1.29, 1.82) is 0 Å². The second-order valence-electron chi connectivity index (χ2n) is 7.84. The average Bonchev–Trinajstić information content (AvgIpc) is 3.21. The molecule has 1 N–H and O–H groups in total. The Labute approximate surface area is 195 Å². The number of benzene rings is 2. The highest BCUT2D eigenvalue weighted by Gasteiger charge is 2.21. The molecule has 0 atom stereocenters. The fourth-order valence-electron chi connectivity index (χ4n) is 3.30.